The predicted molar refractivity (Wildman–Crippen MR) is 305 cm³/mol. The first kappa shape index (κ1) is 61.0. The fourth-order valence-corrected chi connectivity index (χ4v) is 11.2. The van der Waals surface area contributed by atoms with E-state index in [1.165, 1.54) is 106 Å². The molecule has 10 aromatic rings. The van der Waals surface area contributed by atoms with Crippen molar-refractivity contribution in [3.8, 4) is 46.4 Å². The summed E-state index contributed by atoms with van der Waals surface area (Å²) in [6, 6.07) is 30.3. The molecule has 6 aromatic carbocycles. The number of carboxylic acid groups (broad SMARTS) is 2. The number of benzene rings is 6. The maximum atomic E-state index is 15.5. The largest absolute Gasteiger partial charge is 0.478 e. The number of alkyl halides is 4. The first-order chi connectivity index (χ1) is 43.0. The maximum absolute atomic E-state index is 15.5. The summed E-state index contributed by atoms with van der Waals surface area (Å²) in [5, 5.41) is 36.7. The number of imidazole rings is 2. The minimum Gasteiger partial charge on any atom is -0.478 e. The quantitative estimate of drug-likeness (QED) is 0.0868. The topological polar surface area (TPSA) is 202 Å². The van der Waals surface area contributed by atoms with Gasteiger partial charge in [-0.3, -0.25) is 0 Å². The van der Waals surface area contributed by atoms with Crippen molar-refractivity contribution in [3.05, 3.63) is 225 Å². The highest BCUT2D eigenvalue weighted by Gasteiger charge is 2.46. The van der Waals surface area contributed by atoms with Crippen molar-refractivity contribution in [2.75, 3.05) is 0 Å². The number of aromatic carboxylic acids is 2. The molecule has 4 heterocycles. The summed E-state index contributed by atoms with van der Waals surface area (Å²) in [6.45, 7) is -0.440. The van der Waals surface area contributed by atoms with Crippen LogP contribution in [-0.2, 0) is 26.1 Å². The predicted octanol–water partition coefficient (Wildman–Crippen LogP) is 15.2. The van der Waals surface area contributed by atoms with Gasteiger partial charge in [0.05, 0.1) is 73.9 Å². The number of halogens is 10. The van der Waals surface area contributed by atoms with Crippen molar-refractivity contribution in [3.63, 3.8) is 0 Å². The van der Waals surface area contributed by atoms with Gasteiger partial charge in [-0.1, -0.05) is 24.3 Å². The van der Waals surface area contributed by atoms with Gasteiger partial charge in [-0.05, 0) is 127 Å². The summed E-state index contributed by atoms with van der Waals surface area (Å²) in [4.78, 5) is 40.5. The Bertz CT molecular complexity index is 4580. The molecule has 90 heavy (non-hydrogen) atoms. The Morgan fingerprint density at radius 3 is 1.42 bits per heavy atom. The number of hydrogen-bond donors (Lipinski definition) is 2. The number of pyridine rings is 2. The van der Waals surface area contributed by atoms with Crippen molar-refractivity contribution in [2.24, 2.45) is 0 Å². The average Bonchev–Trinajstić information content (AvgIpc) is 1.66. The van der Waals surface area contributed by atoms with Crippen LogP contribution in [0.3, 0.4) is 0 Å². The highest BCUT2D eigenvalue weighted by molar-refractivity contribution is 5.93. The zero-order valence-electron chi connectivity index (χ0n) is 46.8. The molecule has 0 saturated heterocycles. The molecular weight excluding hydrogens is 1190 g/mol. The molecule has 0 bridgehead atoms. The second kappa shape index (κ2) is 24.9. The van der Waals surface area contributed by atoms with Crippen LogP contribution in [0.2, 0.25) is 0 Å². The van der Waals surface area contributed by atoms with E-state index in [-0.39, 0.29) is 160 Å². The van der Waals surface area contributed by atoms with Crippen LogP contribution in [0.25, 0.3) is 44.6 Å². The van der Waals surface area contributed by atoms with Gasteiger partial charge in [-0.25, -0.2) is 73.4 Å². The van der Waals surface area contributed by atoms with Crippen LogP contribution in [0.5, 0.6) is 11.8 Å². The van der Waals surface area contributed by atoms with Crippen molar-refractivity contribution in [1.82, 2.24) is 29.1 Å². The van der Waals surface area contributed by atoms with Crippen LogP contribution in [-0.4, -0.2) is 63.1 Å². The molecule has 12 rings (SSSR count). The summed E-state index contributed by atoms with van der Waals surface area (Å²) in [5.74, 6) is -12.7. The third kappa shape index (κ3) is 12.9. The molecule has 2 N–H and O–H groups in total. The molecule has 0 radical (unpaired) electrons. The Balaban J connectivity index is 0.000000185. The molecule has 2 atom stereocenters. The fourth-order valence-electron chi connectivity index (χ4n) is 11.2. The molecule has 2 fully saturated rings. The first-order valence-electron chi connectivity index (χ1n) is 27.8. The number of nitriles is 2. The van der Waals surface area contributed by atoms with Gasteiger partial charge in [0.15, 0.2) is 0 Å². The molecule has 2 aliphatic rings. The minimum absolute atomic E-state index is 0.0204. The summed E-state index contributed by atoms with van der Waals surface area (Å²) in [6.07, 6.45) is -1.31. The van der Waals surface area contributed by atoms with E-state index in [0.717, 1.165) is 36.4 Å². The Labute approximate surface area is 504 Å². The van der Waals surface area contributed by atoms with Crippen LogP contribution in [0, 0.1) is 57.6 Å². The van der Waals surface area contributed by atoms with Crippen molar-refractivity contribution in [2.45, 2.75) is 88.5 Å². The van der Waals surface area contributed by atoms with Crippen LogP contribution >= 0.6 is 0 Å². The number of hydrogen-bond acceptors (Lipinski definition) is 10. The molecule has 2 saturated carbocycles. The smallest absolute Gasteiger partial charge is 0.335 e. The molecule has 24 heteroatoms. The van der Waals surface area contributed by atoms with Gasteiger partial charge in [-0.15, -0.1) is 0 Å². The van der Waals surface area contributed by atoms with Crippen molar-refractivity contribution < 1.29 is 73.2 Å². The van der Waals surface area contributed by atoms with E-state index >= 15 is 17.6 Å². The van der Waals surface area contributed by atoms with Gasteiger partial charge in [0, 0.05) is 72.5 Å². The third-order valence-electron chi connectivity index (χ3n) is 15.6. The summed E-state index contributed by atoms with van der Waals surface area (Å²) >= 11 is 0. The van der Waals surface area contributed by atoms with E-state index < -0.39 is 77.2 Å². The van der Waals surface area contributed by atoms with E-state index in [2.05, 4.69) is 19.9 Å². The highest BCUT2D eigenvalue weighted by Crippen LogP contribution is 2.47. The lowest BCUT2D eigenvalue weighted by molar-refractivity contribution is -0.0301. The summed E-state index contributed by atoms with van der Waals surface area (Å²) < 4.78 is 163. The molecule has 4 aromatic heterocycles. The number of nitrogens with zero attached hydrogens (tertiary/aromatic N) is 8. The molecule has 0 spiro atoms. The first-order valence-corrected chi connectivity index (χ1v) is 27.8. The molecule has 0 amide bonds. The normalized spacial score (nSPS) is 15.7. The van der Waals surface area contributed by atoms with Crippen LogP contribution < -0.4 is 9.47 Å². The van der Waals surface area contributed by atoms with Crippen molar-refractivity contribution in [1.29, 1.82) is 10.5 Å². The zero-order valence-corrected chi connectivity index (χ0v) is 46.8. The minimum atomic E-state index is -3.10. The lowest BCUT2D eigenvalue weighted by Gasteiger charge is -2.23. The van der Waals surface area contributed by atoms with Gasteiger partial charge < -0.3 is 28.8 Å². The Hall–Kier alpha value is -10.6. The number of fused-ring (bicyclic) bond motifs is 2. The number of ether oxygens (including phenoxy) is 2. The maximum Gasteiger partial charge on any atom is 0.335 e. The fraction of sp³-hybridized carbons (Fsp3) is 0.212. The monoisotopic (exact) mass is 1240 g/mol. The van der Waals surface area contributed by atoms with Crippen LogP contribution in [0.4, 0.5) is 43.9 Å². The number of carbonyl (C=O) groups is 2. The molecule has 0 aliphatic heterocycles. The van der Waals surface area contributed by atoms with E-state index in [0.29, 0.717) is 11.0 Å². The van der Waals surface area contributed by atoms with E-state index in [9.17, 15) is 46.1 Å². The second-order valence-corrected chi connectivity index (χ2v) is 21.6. The number of carboxylic acids is 2. The average molecular weight is 1240 g/mol. The third-order valence-corrected chi connectivity index (χ3v) is 15.6. The lowest BCUT2D eigenvalue weighted by Crippen LogP contribution is -2.26. The van der Waals surface area contributed by atoms with Crippen molar-refractivity contribution >= 4 is 34.0 Å². The van der Waals surface area contributed by atoms with Crippen LogP contribution in [0.1, 0.15) is 116 Å². The lowest BCUT2D eigenvalue weighted by atomic mass is 10.0. The molecule has 2 aliphatic carbocycles. The highest BCUT2D eigenvalue weighted by atomic mass is 19.3. The molecule has 1 unspecified atom stereocenters. The van der Waals surface area contributed by atoms with Gasteiger partial charge in [0.1, 0.15) is 59.8 Å². The molecular formula is C66H46F10N8O6. The van der Waals surface area contributed by atoms with E-state index in [4.69, 9.17) is 20.0 Å². The zero-order chi connectivity index (χ0) is 63.8. The van der Waals surface area contributed by atoms with Crippen LogP contribution in [0.15, 0.2) is 133 Å². The van der Waals surface area contributed by atoms with Gasteiger partial charge in [0.25, 0.3) is 5.92 Å². The summed E-state index contributed by atoms with van der Waals surface area (Å²) in [5.41, 5.74) is 1.11. The molecule has 456 valence electrons. The Morgan fingerprint density at radius 2 is 1.00 bits per heavy atom. The van der Waals surface area contributed by atoms with Gasteiger partial charge in [0.2, 0.25) is 17.7 Å². The standard InChI is InChI=1S/2C33H23F5N4O3/c34-23-11-18(16-39)6-7-20(23)17-45-31-5-1-3-26(41-31)22-15-24(35)21(12-25(22)36)14-30-40-27-9-8-19(32(43)44)13-28(27)42(30)29-4-2-10-33(29,37)38;34-24-10-18(16-39)4-5-20(24)17-45-31-3-1-2-27(41-31)23-14-25(35)21(11-26(23)36)13-30-40-28-7-6-19(32(43)44)12-29(28)42(30)22-8-9-33(37,38)15-22/h1,3,5-9,11-13,15,29H,2,4,10,14,17H2,(H,43,44);1-7,10-12,14,22H,8-9,13,15,17H2,(H,43,44)/t;22-/m.1/s1. The second-order valence-electron chi connectivity index (χ2n) is 21.6. The summed E-state index contributed by atoms with van der Waals surface area (Å²) in [7, 11) is 0. The van der Waals surface area contributed by atoms with Gasteiger partial charge >= 0.3 is 11.9 Å². The number of aromatic nitrogens is 6. The SMILES string of the molecule is N#Cc1ccc(COc2cccc(-c3cc(F)c(Cc4nc5ccc(C(=O)O)cc5n4C4CCCC4(F)F)cc3F)n2)c(F)c1.N#Cc1ccc(COc2cccc(-c3cc(F)c(Cc4nc5ccc(C(=O)O)cc5n4[C@@H]4CCC(F)(F)C4)cc3F)n2)c(F)c1. The molecule has 14 nitrogen and oxygen atoms in total. The number of rotatable bonds is 16. The van der Waals surface area contributed by atoms with E-state index in [1.54, 1.807) is 0 Å². The van der Waals surface area contributed by atoms with E-state index in [1.807, 2.05) is 12.1 Å². The van der Waals surface area contributed by atoms with Gasteiger partial charge in [-0.2, -0.15) is 10.5 Å². The Morgan fingerprint density at radius 1 is 0.533 bits per heavy atom. The Kier molecular flexibility index (Phi) is 16.9.